The summed E-state index contributed by atoms with van der Waals surface area (Å²) in [6, 6.07) is 10.8. The number of aryl methyl sites for hydroxylation is 2. The number of nitrogens with zero attached hydrogens (tertiary/aromatic N) is 1. The Balaban J connectivity index is 1.79. The number of hydrogen-bond acceptors (Lipinski definition) is 4. The van der Waals surface area contributed by atoms with E-state index in [0.29, 0.717) is 0 Å². The highest BCUT2D eigenvalue weighted by Crippen LogP contribution is 2.41. The number of hydrogen-bond donors (Lipinski definition) is 2. The predicted molar refractivity (Wildman–Crippen MR) is 120 cm³/mol. The topological polar surface area (TPSA) is 52.6 Å². The zero-order valence-electron chi connectivity index (χ0n) is 17.5. The molecule has 0 bridgehead atoms. The summed E-state index contributed by atoms with van der Waals surface area (Å²) in [6.45, 7) is 5.76. The Morgan fingerprint density at radius 3 is 2.59 bits per heavy atom. The predicted octanol–water partition coefficient (Wildman–Crippen LogP) is 3.87. The van der Waals surface area contributed by atoms with Crippen LogP contribution in [-0.4, -0.2) is 48.2 Å². The van der Waals surface area contributed by atoms with E-state index in [-0.39, 0.29) is 12.5 Å². The van der Waals surface area contributed by atoms with Gasteiger partial charge in [0.15, 0.2) is 0 Å². The fourth-order valence-electron chi connectivity index (χ4n) is 4.24. The fourth-order valence-corrected chi connectivity index (χ4v) is 5.30. The summed E-state index contributed by atoms with van der Waals surface area (Å²) in [6.07, 6.45) is 4.12. The number of piperidine rings is 1. The quantitative estimate of drug-likeness (QED) is 0.808. The molecule has 2 aliphatic rings. The van der Waals surface area contributed by atoms with Crippen molar-refractivity contribution in [2.45, 2.75) is 45.1 Å². The number of aliphatic hydroxyl groups is 1. The molecule has 2 heterocycles. The lowest BCUT2D eigenvalue weighted by atomic mass is 9.87. The minimum atomic E-state index is -0.625. The first-order valence-corrected chi connectivity index (χ1v) is 11.2. The number of thiophene rings is 1. The zero-order valence-corrected chi connectivity index (χ0v) is 18.4. The number of rotatable bonds is 3. The Labute approximate surface area is 177 Å². The summed E-state index contributed by atoms with van der Waals surface area (Å²) in [5, 5.41) is 12.5. The van der Waals surface area contributed by atoms with E-state index in [1.54, 1.807) is 11.3 Å². The molecule has 2 aromatic rings. The van der Waals surface area contributed by atoms with Gasteiger partial charge in [0.2, 0.25) is 0 Å². The highest BCUT2D eigenvalue weighted by atomic mass is 32.1. The molecule has 0 radical (unpaired) electrons. The third-order valence-electron chi connectivity index (χ3n) is 6.00. The van der Waals surface area contributed by atoms with Gasteiger partial charge in [-0.15, -0.1) is 11.3 Å². The second-order valence-electron chi connectivity index (χ2n) is 8.88. The maximum atomic E-state index is 12.9. The van der Waals surface area contributed by atoms with E-state index in [9.17, 15) is 9.90 Å². The summed E-state index contributed by atoms with van der Waals surface area (Å²) in [5.41, 5.74) is 6.24. The molecule has 154 valence electrons. The molecule has 29 heavy (non-hydrogen) atoms. The minimum Gasteiger partial charge on any atom is -0.394 e. The molecular weight excluding hydrogens is 380 g/mol. The van der Waals surface area contributed by atoms with Gasteiger partial charge in [-0.1, -0.05) is 29.8 Å². The number of likely N-dealkylation sites (tertiary alicyclic amines) is 1. The van der Waals surface area contributed by atoms with E-state index in [2.05, 4.69) is 47.6 Å². The second kappa shape index (κ2) is 8.05. The molecule has 1 aliphatic heterocycles. The molecule has 1 aromatic carbocycles. The Bertz CT molecular complexity index is 948. The van der Waals surface area contributed by atoms with Crippen LogP contribution >= 0.6 is 11.3 Å². The summed E-state index contributed by atoms with van der Waals surface area (Å²) >= 11 is 1.61. The largest absolute Gasteiger partial charge is 0.394 e. The fraction of sp³-hybridized carbons (Fsp3) is 0.458. The zero-order chi connectivity index (χ0) is 20.6. The summed E-state index contributed by atoms with van der Waals surface area (Å²) in [5.74, 6) is -0.0943. The third-order valence-corrected chi connectivity index (χ3v) is 7.20. The van der Waals surface area contributed by atoms with Crippen LogP contribution < -0.4 is 5.32 Å². The number of fused-ring (bicyclic) bond motifs is 2. The number of aliphatic hydroxyl groups excluding tert-OH is 1. The van der Waals surface area contributed by atoms with Crippen molar-refractivity contribution in [2.24, 2.45) is 0 Å². The number of nitrogens with one attached hydrogen (secondary N) is 1. The Hall–Kier alpha value is -1.95. The molecule has 5 heteroatoms. The van der Waals surface area contributed by atoms with Crippen LogP contribution in [0.5, 0.6) is 0 Å². The molecule has 1 saturated heterocycles. The van der Waals surface area contributed by atoms with Gasteiger partial charge in [-0.3, -0.25) is 4.79 Å². The van der Waals surface area contributed by atoms with Gasteiger partial charge in [0, 0.05) is 18.0 Å². The highest BCUT2D eigenvalue weighted by Gasteiger charge is 2.27. The standard InChI is InChI=1S/C24H30N2O2S/c1-24(2,15-27)25-23(28)21-14-19-20(29-21)9-8-16-6-4-5-7-18(16)22(19)17-10-12-26(3)13-11-17/h4-7,14,27H,8-13,15H2,1-3H3,(H,25,28). The van der Waals surface area contributed by atoms with Crippen LogP contribution in [0.3, 0.4) is 0 Å². The summed E-state index contributed by atoms with van der Waals surface area (Å²) < 4.78 is 0. The highest BCUT2D eigenvalue weighted by molar-refractivity contribution is 7.14. The molecule has 0 atom stereocenters. The van der Waals surface area contributed by atoms with Gasteiger partial charge < -0.3 is 15.3 Å². The van der Waals surface area contributed by atoms with Crippen LogP contribution in [0.15, 0.2) is 35.9 Å². The normalized spacial score (nSPS) is 17.5. The first kappa shape index (κ1) is 20.3. The van der Waals surface area contributed by atoms with Crippen LogP contribution in [0.25, 0.3) is 5.57 Å². The molecule has 0 saturated carbocycles. The molecule has 1 fully saturated rings. The molecule has 0 spiro atoms. The van der Waals surface area contributed by atoms with Gasteiger partial charge in [-0.25, -0.2) is 0 Å². The number of carbonyl (C=O) groups excluding carboxylic acids is 1. The van der Waals surface area contributed by atoms with Crippen molar-refractivity contribution in [1.29, 1.82) is 0 Å². The second-order valence-corrected chi connectivity index (χ2v) is 10.0. The first-order valence-electron chi connectivity index (χ1n) is 10.4. The lowest BCUT2D eigenvalue weighted by Gasteiger charge is -2.27. The van der Waals surface area contributed by atoms with E-state index in [4.69, 9.17) is 0 Å². The maximum Gasteiger partial charge on any atom is 0.261 e. The first-order chi connectivity index (χ1) is 13.9. The molecule has 2 N–H and O–H groups in total. The van der Waals surface area contributed by atoms with Gasteiger partial charge >= 0.3 is 0 Å². The van der Waals surface area contributed by atoms with Crippen molar-refractivity contribution >= 4 is 22.8 Å². The van der Waals surface area contributed by atoms with Gasteiger partial charge in [0.1, 0.15) is 0 Å². The molecule has 4 rings (SSSR count). The van der Waals surface area contributed by atoms with Crippen molar-refractivity contribution < 1.29 is 9.90 Å². The van der Waals surface area contributed by atoms with Gasteiger partial charge in [-0.05, 0) is 74.9 Å². The van der Waals surface area contributed by atoms with Crippen LogP contribution in [0.4, 0.5) is 0 Å². The van der Waals surface area contributed by atoms with Gasteiger partial charge in [0.05, 0.1) is 17.0 Å². The van der Waals surface area contributed by atoms with Crippen LogP contribution in [-0.2, 0) is 12.8 Å². The number of carbonyl (C=O) groups is 1. The molecular formula is C24H30N2O2S. The molecule has 1 aliphatic carbocycles. The van der Waals surface area contributed by atoms with Gasteiger partial charge in [0.25, 0.3) is 5.91 Å². The third kappa shape index (κ3) is 4.18. The minimum absolute atomic E-state index is 0.0833. The summed E-state index contributed by atoms with van der Waals surface area (Å²) in [7, 11) is 2.18. The van der Waals surface area contributed by atoms with E-state index in [1.165, 1.54) is 32.7 Å². The average molecular weight is 411 g/mol. The molecule has 0 unspecified atom stereocenters. The Kier molecular flexibility index (Phi) is 5.65. The van der Waals surface area contributed by atoms with Crippen LogP contribution in [0.1, 0.15) is 57.9 Å². The van der Waals surface area contributed by atoms with Gasteiger partial charge in [-0.2, -0.15) is 0 Å². The van der Waals surface area contributed by atoms with Crippen LogP contribution in [0.2, 0.25) is 0 Å². The van der Waals surface area contributed by atoms with Crippen molar-refractivity contribution in [3.63, 3.8) is 0 Å². The van der Waals surface area contributed by atoms with Crippen molar-refractivity contribution in [2.75, 3.05) is 26.7 Å². The van der Waals surface area contributed by atoms with E-state index >= 15 is 0 Å². The Morgan fingerprint density at radius 1 is 1.14 bits per heavy atom. The monoisotopic (exact) mass is 410 g/mol. The lowest BCUT2D eigenvalue weighted by molar-refractivity contribution is 0.0873. The lowest BCUT2D eigenvalue weighted by Crippen LogP contribution is -2.46. The summed E-state index contributed by atoms with van der Waals surface area (Å²) in [4.78, 5) is 17.3. The number of amides is 1. The van der Waals surface area contributed by atoms with E-state index < -0.39 is 5.54 Å². The Morgan fingerprint density at radius 2 is 1.86 bits per heavy atom. The van der Waals surface area contributed by atoms with Crippen molar-refractivity contribution in [3.05, 3.63) is 62.3 Å². The molecule has 4 nitrogen and oxygen atoms in total. The van der Waals surface area contributed by atoms with Crippen molar-refractivity contribution in [1.82, 2.24) is 10.2 Å². The van der Waals surface area contributed by atoms with E-state index in [0.717, 1.165) is 43.6 Å². The van der Waals surface area contributed by atoms with Crippen molar-refractivity contribution in [3.8, 4) is 0 Å². The van der Waals surface area contributed by atoms with E-state index in [1.807, 2.05) is 13.8 Å². The SMILES string of the molecule is CN1CCC(=C2c3ccccc3CCc3sc(C(=O)NC(C)(C)CO)cc32)CC1. The molecule has 1 amide bonds. The average Bonchev–Trinajstić information content (AvgIpc) is 3.06. The maximum absolute atomic E-state index is 12.9. The van der Waals surface area contributed by atoms with Crippen LogP contribution in [0, 0.1) is 0 Å². The molecule has 1 aromatic heterocycles. The number of benzene rings is 1. The smallest absolute Gasteiger partial charge is 0.261 e.